The third kappa shape index (κ3) is 3.79. The number of thiophene rings is 1. The van der Waals surface area contributed by atoms with Gasteiger partial charge in [0.25, 0.3) is 5.91 Å². The molecule has 2 aromatic heterocycles. The average molecular weight is 394 g/mol. The number of rotatable bonds is 5. The van der Waals surface area contributed by atoms with E-state index in [1.54, 1.807) is 24.3 Å². The van der Waals surface area contributed by atoms with Gasteiger partial charge < -0.3 is 15.1 Å². The molecule has 2 N–H and O–H groups in total. The lowest BCUT2D eigenvalue weighted by molar-refractivity contribution is -0.115. The van der Waals surface area contributed by atoms with Gasteiger partial charge in [-0.25, -0.2) is 4.39 Å². The van der Waals surface area contributed by atoms with Crippen molar-refractivity contribution in [1.82, 2.24) is 0 Å². The van der Waals surface area contributed by atoms with Crippen LogP contribution in [0.5, 0.6) is 0 Å². The van der Waals surface area contributed by atoms with Gasteiger partial charge in [-0.3, -0.25) is 9.59 Å². The third-order valence-electron chi connectivity index (χ3n) is 4.11. The molecule has 0 spiro atoms. The number of hydrogen-bond donors (Lipinski definition) is 2. The van der Waals surface area contributed by atoms with Crippen LogP contribution in [0.2, 0.25) is 0 Å². The number of benzene rings is 2. The largest absolute Gasteiger partial charge is 0.449 e. The Morgan fingerprint density at radius 3 is 2.54 bits per heavy atom. The van der Waals surface area contributed by atoms with Crippen molar-refractivity contribution in [3.63, 3.8) is 0 Å². The zero-order valence-electron chi connectivity index (χ0n) is 14.6. The molecule has 2 amide bonds. The summed E-state index contributed by atoms with van der Waals surface area (Å²) in [6, 6.07) is 14.3. The van der Waals surface area contributed by atoms with Crippen molar-refractivity contribution in [2.45, 2.75) is 6.42 Å². The molecule has 4 rings (SSSR count). The second-order valence-electron chi connectivity index (χ2n) is 6.12. The summed E-state index contributed by atoms with van der Waals surface area (Å²) in [7, 11) is 0. The molecule has 140 valence electrons. The van der Waals surface area contributed by atoms with E-state index in [-0.39, 0.29) is 18.1 Å². The number of halogens is 1. The first-order chi connectivity index (χ1) is 13.6. The van der Waals surface area contributed by atoms with Gasteiger partial charge in [0.15, 0.2) is 0 Å². The highest BCUT2D eigenvalue weighted by atomic mass is 32.1. The molecule has 28 heavy (non-hydrogen) atoms. The molecule has 0 aliphatic carbocycles. The van der Waals surface area contributed by atoms with Crippen LogP contribution in [-0.4, -0.2) is 11.8 Å². The minimum absolute atomic E-state index is 0.0100. The standard InChI is InChI=1S/C21H15FN2O3S/c22-14-5-7-15(8-6-14)23-21(26)20-19(16-3-1-2-4-17(16)27-20)24-18(25)11-13-9-10-28-12-13/h1-10,12H,11H2,(H,23,26)(H,24,25). The van der Waals surface area contributed by atoms with E-state index in [1.807, 2.05) is 16.8 Å². The number of carbonyl (C=O) groups excluding carboxylic acids is 2. The topological polar surface area (TPSA) is 71.3 Å². The highest BCUT2D eigenvalue weighted by Crippen LogP contribution is 2.31. The van der Waals surface area contributed by atoms with Crippen LogP contribution in [0.15, 0.2) is 69.8 Å². The van der Waals surface area contributed by atoms with Crippen molar-refractivity contribution >= 4 is 45.5 Å². The van der Waals surface area contributed by atoms with E-state index in [0.29, 0.717) is 22.3 Å². The second-order valence-corrected chi connectivity index (χ2v) is 6.90. The Bertz CT molecular complexity index is 1130. The fourth-order valence-electron chi connectivity index (χ4n) is 2.81. The molecule has 2 aromatic carbocycles. The number of amides is 2. The van der Waals surface area contributed by atoms with E-state index >= 15 is 0 Å². The van der Waals surface area contributed by atoms with Gasteiger partial charge in [-0.05, 0) is 58.8 Å². The van der Waals surface area contributed by atoms with Crippen LogP contribution >= 0.6 is 11.3 Å². The zero-order valence-corrected chi connectivity index (χ0v) is 15.4. The molecule has 7 heteroatoms. The van der Waals surface area contributed by atoms with Crippen molar-refractivity contribution in [1.29, 1.82) is 0 Å². The fraction of sp³-hybridized carbons (Fsp3) is 0.0476. The summed E-state index contributed by atoms with van der Waals surface area (Å²) in [5.74, 6) is -1.19. The molecule has 0 saturated heterocycles. The van der Waals surface area contributed by atoms with Crippen molar-refractivity contribution < 1.29 is 18.4 Å². The molecular formula is C21H15FN2O3S. The fourth-order valence-corrected chi connectivity index (χ4v) is 3.48. The summed E-state index contributed by atoms with van der Waals surface area (Å²) in [4.78, 5) is 25.2. The maximum Gasteiger partial charge on any atom is 0.293 e. The van der Waals surface area contributed by atoms with Crippen molar-refractivity contribution in [3.8, 4) is 0 Å². The van der Waals surface area contributed by atoms with E-state index in [9.17, 15) is 14.0 Å². The molecule has 0 unspecified atom stereocenters. The van der Waals surface area contributed by atoms with Crippen LogP contribution in [0.25, 0.3) is 11.0 Å². The number of fused-ring (bicyclic) bond motifs is 1. The number of nitrogens with one attached hydrogen (secondary N) is 2. The van der Waals surface area contributed by atoms with Gasteiger partial charge in [-0.1, -0.05) is 12.1 Å². The Hall–Kier alpha value is -3.45. The average Bonchev–Trinajstić information content (AvgIpc) is 3.32. The summed E-state index contributed by atoms with van der Waals surface area (Å²) in [6.45, 7) is 0. The number of furan rings is 1. The van der Waals surface area contributed by atoms with E-state index in [1.165, 1.54) is 35.6 Å². The van der Waals surface area contributed by atoms with Crippen LogP contribution in [0, 0.1) is 5.82 Å². The van der Waals surface area contributed by atoms with Crippen molar-refractivity contribution in [2.24, 2.45) is 0 Å². The second kappa shape index (κ2) is 7.66. The zero-order chi connectivity index (χ0) is 19.5. The van der Waals surface area contributed by atoms with Crippen molar-refractivity contribution in [2.75, 3.05) is 10.6 Å². The molecule has 0 atom stereocenters. The first-order valence-corrected chi connectivity index (χ1v) is 9.44. The van der Waals surface area contributed by atoms with Gasteiger partial charge in [-0.2, -0.15) is 11.3 Å². The number of anilines is 2. The maximum atomic E-state index is 13.1. The molecule has 0 bridgehead atoms. The predicted octanol–water partition coefficient (Wildman–Crippen LogP) is 5.07. The third-order valence-corrected chi connectivity index (χ3v) is 4.85. The van der Waals surface area contributed by atoms with Gasteiger partial charge in [0.1, 0.15) is 17.1 Å². The number of para-hydroxylation sites is 1. The Kier molecular flexibility index (Phi) is 4.90. The van der Waals surface area contributed by atoms with E-state index in [0.717, 1.165) is 5.56 Å². The van der Waals surface area contributed by atoms with Crippen LogP contribution in [-0.2, 0) is 11.2 Å². The van der Waals surface area contributed by atoms with Crippen LogP contribution < -0.4 is 10.6 Å². The Morgan fingerprint density at radius 1 is 1.00 bits per heavy atom. The first kappa shape index (κ1) is 17.9. The molecule has 2 heterocycles. The Labute approximate surface area is 163 Å². The summed E-state index contributed by atoms with van der Waals surface area (Å²) < 4.78 is 18.8. The van der Waals surface area contributed by atoms with Crippen LogP contribution in [0.3, 0.4) is 0 Å². The highest BCUT2D eigenvalue weighted by Gasteiger charge is 2.22. The molecule has 0 saturated carbocycles. The van der Waals surface area contributed by atoms with Gasteiger partial charge in [0.2, 0.25) is 11.7 Å². The summed E-state index contributed by atoms with van der Waals surface area (Å²) in [5, 5.41) is 9.88. The lowest BCUT2D eigenvalue weighted by Crippen LogP contribution is -2.18. The minimum Gasteiger partial charge on any atom is -0.449 e. The monoisotopic (exact) mass is 394 g/mol. The number of hydrogen-bond acceptors (Lipinski definition) is 4. The van der Waals surface area contributed by atoms with Crippen molar-refractivity contribution in [3.05, 3.63) is 82.5 Å². The quantitative estimate of drug-likeness (QED) is 0.497. The van der Waals surface area contributed by atoms with Crippen LogP contribution in [0.4, 0.5) is 15.8 Å². The molecule has 0 aliphatic heterocycles. The van der Waals surface area contributed by atoms with E-state index in [2.05, 4.69) is 10.6 Å². The molecule has 5 nitrogen and oxygen atoms in total. The summed E-state index contributed by atoms with van der Waals surface area (Å²) in [6.07, 6.45) is 0.196. The minimum atomic E-state index is -0.534. The first-order valence-electron chi connectivity index (χ1n) is 8.49. The molecule has 0 radical (unpaired) electrons. The molecule has 0 fully saturated rings. The Morgan fingerprint density at radius 2 is 1.79 bits per heavy atom. The van der Waals surface area contributed by atoms with Crippen LogP contribution in [0.1, 0.15) is 16.1 Å². The smallest absolute Gasteiger partial charge is 0.293 e. The molecule has 4 aromatic rings. The molecule has 0 aliphatic rings. The van der Waals surface area contributed by atoms with Gasteiger partial charge in [0.05, 0.1) is 6.42 Å². The predicted molar refractivity (Wildman–Crippen MR) is 107 cm³/mol. The number of carbonyl (C=O) groups is 2. The lowest BCUT2D eigenvalue weighted by Gasteiger charge is -2.07. The SMILES string of the molecule is O=C(Cc1ccsc1)Nc1c(C(=O)Nc2ccc(F)cc2)oc2ccccc12. The normalized spacial score (nSPS) is 10.8. The summed E-state index contributed by atoms with van der Waals surface area (Å²) >= 11 is 1.51. The van der Waals surface area contributed by atoms with E-state index in [4.69, 9.17) is 4.42 Å². The van der Waals surface area contributed by atoms with Gasteiger partial charge in [-0.15, -0.1) is 0 Å². The Balaban J connectivity index is 1.63. The lowest BCUT2D eigenvalue weighted by atomic mass is 10.2. The molecular weight excluding hydrogens is 379 g/mol. The summed E-state index contributed by atoms with van der Waals surface area (Å²) in [5.41, 5.74) is 2.11. The highest BCUT2D eigenvalue weighted by molar-refractivity contribution is 7.08. The van der Waals surface area contributed by atoms with Gasteiger partial charge >= 0.3 is 0 Å². The van der Waals surface area contributed by atoms with Gasteiger partial charge in [0, 0.05) is 11.1 Å². The maximum absolute atomic E-state index is 13.1. The van der Waals surface area contributed by atoms with E-state index < -0.39 is 11.7 Å².